The molecule has 24 heavy (non-hydrogen) atoms. The highest BCUT2D eigenvalue weighted by molar-refractivity contribution is 5.89. The van der Waals surface area contributed by atoms with E-state index in [1.807, 2.05) is 18.5 Å². The van der Waals surface area contributed by atoms with Crippen LogP contribution in [0.4, 0.5) is 0 Å². The van der Waals surface area contributed by atoms with Crippen LogP contribution < -0.4 is 0 Å². The second-order valence-corrected chi connectivity index (χ2v) is 5.76. The Morgan fingerprint density at radius 3 is 2.12 bits per heavy atom. The molecule has 3 aromatic carbocycles. The maximum atomic E-state index is 4.29. The standard InChI is InChI=1S/C22H17N.ClH/c1-2-7-17(8-3-1)13-21-14-18-9-4-5-10-19(18)15-22(21)20-11-6-12-23-16-20;/h1-12,14-16H,13H2;1H. The summed E-state index contributed by atoms with van der Waals surface area (Å²) in [4.78, 5) is 4.29. The van der Waals surface area contributed by atoms with Crippen molar-refractivity contribution < 1.29 is 0 Å². The maximum absolute atomic E-state index is 4.29. The molecular weight excluding hydrogens is 314 g/mol. The summed E-state index contributed by atoms with van der Waals surface area (Å²) < 4.78 is 0. The summed E-state index contributed by atoms with van der Waals surface area (Å²) in [6.45, 7) is 0. The van der Waals surface area contributed by atoms with Gasteiger partial charge in [-0.05, 0) is 46.0 Å². The zero-order valence-electron chi connectivity index (χ0n) is 13.2. The smallest absolute Gasteiger partial charge is 0.0346 e. The summed E-state index contributed by atoms with van der Waals surface area (Å²) in [6.07, 6.45) is 4.69. The van der Waals surface area contributed by atoms with Gasteiger partial charge in [0.25, 0.3) is 0 Å². The quantitative estimate of drug-likeness (QED) is 0.454. The molecule has 4 aromatic rings. The Labute approximate surface area is 148 Å². The molecule has 0 radical (unpaired) electrons. The molecule has 0 bridgehead atoms. The zero-order chi connectivity index (χ0) is 15.5. The Morgan fingerprint density at radius 2 is 1.42 bits per heavy atom. The van der Waals surface area contributed by atoms with Gasteiger partial charge in [0.05, 0.1) is 0 Å². The number of nitrogens with zero attached hydrogens (tertiary/aromatic N) is 1. The van der Waals surface area contributed by atoms with E-state index in [9.17, 15) is 0 Å². The summed E-state index contributed by atoms with van der Waals surface area (Å²) >= 11 is 0. The fourth-order valence-corrected chi connectivity index (χ4v) is 3.04. The topological polar surface area (TPSA) is 12.9 Å². The zero-order valence-corrected chi connectivity index (χ0v) is 14.0. The molecule has 0 atom stereocenters. The molecule has 0 N–H and O–H groups in total. The Kier molecular flexibility index (Phi) is 4.93. The summed E-state index contributed by atoms with van der Waals surface area (Å²) in [7, 11) is 0. The van der Waals surface area contributed by atoms with Crippen molar-refractivity contribution in [2.45, 2.75) is 6.42 Å². The van der Waals surface area contributed by atoms with Gasteiger partial charge in [-0.15, -0.1) is 12.4 Å². The van der Waals surface area contributed by atoms with Crippen molar-refractivity contribution in [3.8, 4) is 11.1 Å². The molecule has 0 unspecified atom stereocenters. The molecular formula is C22H18ClN. The molecule has 1 nitrogen and oxygen atoms in total. The highest BCUT2D eigenvalue weighted by atomic mass is 35.5. The number of pyridine rings is 1. The third-order valence-corrected chi connectivity index (χ3v) is 4.18. The first-order valence-corrected chi connectivity index (χ1v) is 7.86. The van der Waals surface area contributed by atoms with E-state index >= 15 is 0 Å². The van der Waals surface area contributed by atoms with Gasteiger partial charge in [0.2, 0.25) is 0 Å². The van der Waals surface area contributed by atoms with Crippen molar-refractivity contribution >= 4 is 23.2 Å². The molecule has 4 rings (SSSR count). The molecule has 0 aliphatic heterocycles. The van der Waals surface area contributed by atoms with Crippen LogP contribution in [-0.2, 0) is 6.42 Å². The molecule has 0 saturated heterocycles. The van der Waals surface area contributed by atoms with Crippen LogP contribution in [0.15, 0.2) is 91.3 Å². The van der Waals surface area contributed by atoms with Gasteiger partial charge in [0, 0.05) is 18.0 Å². The fourth-order valence-electron chi connectivity index (χ4n) is 3.04. The van der Waals surface area contributed by atoms with E-state index in [-0.39, 0.29) is 12.4 Å². The van der Waals surface area contributed by atoms with E-state index in [4.69, 9.17) is 0 Å². The van der Waals surface area contributed by atoms with E-state index in [1.54, 1.807) is 0 Å². The minimum Gasteiger partial charge on any atom is -0.264 e. The first-order valence-electron chi connectivity index (χ1n) is 7.86. The van der Waals surface area contributed by atoms with Gasteiger partial charge in [0.15, 0.2) is 0 Å². The molecule has 0 saturated carbocycles. The maximum Gasteiger partial charge on any atom is 0.0346 e. The lowest BCUT2D eigenvalue weighted by molar-refractivity contribution is 1.20. The van der Waals surface area contributed by atoms with Gasteiger partial charge in [0.1, 0.15) is 0 Å². The third kappa shape index (κ3) is 3.32. The van der Waals surface area contributed by atoms with E-state index in [0.717, 1.165) is 6.42 Å². The van der Waals surface area contributed by atoms with Crippen LogP contribution in [-0.4, -0.2) is 4.98 Å². The van der Waals surface area contributed by atoms with Gasteiger partial charge in [-0.25, -0.2) is 0 Å². The molecule has 0 spiro atoms. The minimum absolute atomic E-state index is 0. The van der Waals surface area contributed by atoms with Crippen LogP contribution in [0.2, 0.25) is 0 Å². The van der Waals surface area contributed by atoms with Crippen molar-refractivity contribution in [2.75, 3.05) is 0 Å². The van der Waals surface area contributed by atoms with Gasteiger partial charge >= 0.3 is 0 Å². The fraction of sp³-hybridized carbons (Fsp3) is 0.0455. The van der Waals surface area contributed by atoms with Crippen molar-refractivity contribution in [3.63, 3.8) is 0 Å². The molecule has 0 aliphatic carbocycles. The van der Waals surface area contributed by atoms with Crippen LogP contribution in [0.1, 0.15) is 11.1 Å². The van der Waals surface area contributed by atoms with Gasteiger partial charge in [-0.3, -0.25) is 4.98 Å². The number of halogens is 1. The SMILES string of the molecule is Cl.c1ccc(Cc2cc3ccccc3cc2-c2cccnc2)cc1. The van der Waals surface area contributed by atoms with Crippen LogP contribution in [0.3, 0.4) is 0 Å². The second kappa shape index (κ2) is 7.29. The predicted molar refractivity (Wildman–Crippen MR) is 104 cm³/mol. The Hall–Kier alpha value is -2.64. The van der Waals surface area contributed by atoms with Crippen molar-refractivity contribution in [1.82, 2.24) is 4.98 Å². The molecule has 1 heterocycles. The number of benzene rings is 3. The molecule has 0 fully saturated rings. The van der Waals surface area contributed by atoms with Crippen LogP contribution >= 0.6 is 12.4 Å². The lowest BCUT2D eigenvalue weighted by atomic mass is 9.92. The lowest BCUT2D eigenvalue weighted by Crippen LogP contribution is -1.93. The minimum atomic E-state index is 0. The monoisotopic (exact) mass is 331 g/mol. The highest BCUT2D eigenvalue weighted by Crippen LogP contribution is 2.30. The molecule has 1 aromatic heterocycles. The van der Waals surface area contributed by atoms with E-state index in [2.05, 4.69) is 77.8 Å². The van der Waals surface area contributed by atoms with Gasteiger partial charge < -0.3 is 0 Å². The highest BCUT2D eigenvalue weighted by Gasteiger charge is 2.08. The van der Waals surface area contributed by atoms with Crippen molar-refractivity contribution in [1.29, 1.82) is 0 Å². The summed E-state index contributed by atoms with van der Waals surface area (Å²) in [6, 6.07) is 27.9. The van der Waals surface area contributed by atoms with Crippen molar-refractivity contribution in [2.24, 2.45) is 0 Å². The van der Waals surface area contributed by atoms with Gasteiger partial charge in [-0.1, -0.05) is 66.7 Å². The summed E-state index contributed by atoms with van der Waals surface area (Å²) in [5.41, 5.74) is 5.10. The predicted octanol–water partition coefficient (Wildman–Crippen LogP) is 5.91. The first-order chi connectivity index (χ1) is 11.4. The number of aromatic nitrogens is 1. The van der Waals surface area contributed by atoms with E-state index < -0.39 is 0 Å². The van der Waals surface area contributed by atoms with Crippen LogP contribution in [0, 0.1) is 0 Å². The molecule has 0 amide bonds. The second-order valence-electron chi connectivity index (χ2n) is 5.76. The summed E-state index contributed by atoms with van der Waals surface area (Å²) in [5, 5.41) is 2.55. The average molecular weight is 332 g/mol. The largest absolute Gasteiger partial charge is 0.264 e. The molecule has 118 valence electrons. The number of hydrogen-bond donors (Lipinski definition) is 0. The number of fused-ring (bicyclic) bond motifs is 1. The van der Waals surface area contributed by atoms with E-state index in [1.165, 1.54) is 33.0 Å². The Bertz CT molecular complexity index is 934. The third-order valence-electron chi connectivity index (χ3n) is 4.18. The molecule has 0 aliphatic rings. The molecule has 2 heteroatoms. The van der Waals surface area contributed by atoms with E-state index in [0.29, 0.717) is 0 Å². The number of hydrogen-bond acceptors (Lipinski definition) is 1. The van der Waals surface area contributed by atoms with Crippen LogP contribution in [0.5, 0.6) is 0 Å². The first kappa shape index (κ1) is 16.2. The Morgan fingerprint density at radius 1 is 0.708 bits per heavy atom. The Balaban J connectivity index is 0.00000169. The van der Waals surface area contributed by atoms with Crippen molar-refractivity contribution in [3.05, 3.63) is 102 Å². The van der Waals surface area contributed by atoms with Crippen LogP contribution in [0.25, 0.3) is 21.9 Å². The number of rotatable bonds is 3. The summed E-state index contributed by atoms with van der Waals surface area (Å²) in [5.74, 6) is 0. The lowest BCUT2D eigenvalue weighted by Gasteiger charge is -2.12. The average Bonchev–Trinajstić information content (AvgIpc) is 2.63. The normalized spacial score (nSPS) is 10.3. The van der Waals surface area contributed by atoms with Gasteiger partial charge in [-0.2, -0.15) is 0 Å².